The van der Waals surface area contributed by atoms with Gasteiger partial charge in [0.2, 0.25) is 23.1 Å². The number of rotatable bonds is 7. The number of hydrogen-bond acceptors (Lipinski definition) is 10. The van der Waals surface area contributed by atoms with E-state index in [4.69, 9.17) is 11.6 Å². The molecule has 0 bridgehead atoms. The van der Waals surface area contributed by atoms with Gasteiger partial charge in [-0.3, -0.25) is 0 Å². The molecule has 6 radical (unpaired) electrons. The molecule has 2 heterocycles. The zero-order valence-electron chi connectivity index (χ0n) is 23.2. The first-order chi connectivity index (χ1) is 17.8. The highest BCUT2D eigenvalue weighted by Gasteiger charge is 2.09. The smallest absolute Gasteiger partial charge is 0.228 e. The summed E-state index contributed by atoms with van der Waals surface area (Å²) in [5.74, 6) is 2.89. The molecule has 10 nitrogen and oxygen atoms in total. The molecule has 0 aliphatic heterocycles. The van der Waals surface area contributed by atoms with E-state index in [1.807, 2.05) is 88.4 Å². The van der Waals surface area contributed by atoms with E-state index in [1.165, 1.54) is 7.05 Å². The number of halogens is 1. The molecule has 2 aromatic carbocycles. The van der Waals surface area contributed by atoms with Crippen LogP contribution >= 0.6 is 11.6 Å². The molecule has 0 saturated carbocycles. The van der Waals surface area contributed by atoms with Gasteiger partial charge in [-0.2, -0.15) is 29.9 Å². The lowest BCUT2D eigenvalue weighted by atomic mass is 10.2. The second-order valence-corrected chi connectivity index (χ2v) is 8.48. The summed E-state index contributed by atoms with van der Waals surface area (Å²) in [5.41, 5.74) is 6.40. The van der Waals surface area contributed by atoms with E-state index in [9.17, 15) is 0 Å². The molecule has 0 saturated heterocycles. The molecule has 5 N–H and O–H groups in total. The summed E-state index contributed by atoms with van der Waals surface area (Å²) in [6.07, 6.45) is 0. The van der Waals surface area contributed by atoms with Gasteiger partial charge in [-0.25, -0.2) is 0 Å². The van der Waals surface area contributed by atoms with Crippen molar-refractivity contribution in [3.8, 4) is 22.8 Å². The molecular formula is C27H39B2ClN10. The SMILES string of the molecule is C.CC(C)Nc1nc(Cl)nc(-c2ccccc2)n1.CN.CNc1nc(NC(C)C)nc(-c2ccccc2)n1.[B].[B]. The summed E-state index contributed by atoms with van der Waals surface area (Å²) in [4.78, 5) is 25.5. The van der Waals surface area contributed by atoms with Gasteiger partial charge in [0, 0.05) is 47.1 Å². The van der Waals surface area contributed by atoms with E-state index in [1.54, 1.807) is 7.05 Å². The fourth-order valence-electron chi connectivity index (χ4n) is 2.92. The molecule has 0 aliphatic rings. The lowest BCUT2D eigenvalue weighted by molar-refractivity contribution is 0.868. The first-order valence-electron chi connectivity index (χ1n) is 11.9. The summed E-state index contributed by atoms with van der Waals surface area (Å²) in [7, 11) is 3.29. The number of benzene rings is 2. The van der Waals surface area contributed by atoms with Crippen molar-refractivity contribution in [2.45, 2.75) is 47.2 Å². The van der Waals surface area contributed by atoms with E-state index in [2.05, 4.69) is 51.6 Å². The fourth-order valence-corrected chi connectivity index (χ4v) is 3.08. The Morgan fingerprint density at radius 1 is 0.600 bits per heavy atom. The van der Waals surface area contributed by atoms with Crippen molar-refractivity contribution in [1.29, 1.82) is 0 Å². The van der Waals surface area contributed by atoms with Gasteiger partial charge in [-0.15, -0.1) is 0 Å². The van der Waals surface area contributed by atoms with E-state index >= 15 is 0 Å². The Labute approximate surface area is 247 Å². The van der Waals surface area contributed by atoms with E-state index in [0.29, 0.717) is 29.5 Å². The van der Waals surface area contributed by atoms with Crippen LogP contribution in [0.15, 0.2) is 60.7 Å². The Bertz CT molecular complexity index is 1220. The summed E-state index contributed by atoms with van der Waals surface area (Å²) in [5, 5.41) is 9.44. The number of nitrogens with one attached hydrogen (secondary N) is 3. The molecule has 0 fully saturated rings. The van der Waals surface area contributed by atoms with Crippen LogP contribution in [0.25, 0.3) is 22.8 Å². The standard InChI is InChI=1S/C13H17N5.C12H13ClN4.CH5N.CH4.2B/c1-9(2)15-13-17-11(16-12(14-3)18-13)10-7-5-4-6-8-10;1-8(2)14-12-16-10(15-11(13)17-12)9-6-4-3-5-7-9;1-2;;;/h4-9H,1-3H3,(H2,14,15,16,17,18);3-8H,1-2H3,(H,14,15,16,17);2H2,1H3;1H4;;. The zero-order valence-corrected chi connectivity index (χ0v) is 24.0. The van der Waals surface area contributed by atoms with Crippen LogP contribution in [-0.4, -0.2) is 72.9 Å². The van der Waals surface area contributed by atoms with Gasteiger partial charge in [0.1, 0.15) is 0 Å². The van der Waals surface area contributed by atoms with Crippen molar-refractivity contribution in [2.75, 3.05) is 30.0 Å². The molecule has 4 rings (SSSR count). The second kappa shape index (κ2) is 20.2. The van der Waals surface area contributed by atoms with Gasteiger partial charge >= 0.3 is 0 Å². The topological polar surface area (TPSA) is 139 Å². The van der Waals surface area contributed by atoms with Crippen molar-refractivity contribution in [1.82, 2.24) is 29.9 Å². The molecule has 210 valence electrons. The monoisotopic (exact) mass is 560 g/mol. The highest BCUT2D eigenvalue weighted by molar-refractivity contribution is 6.28. The minimum atomic E-state index is 0. The maximum atomic E-state index is 5.88. The second-order valence-electron chi connectivity index (χ2n) is 8.14. The quantitative estimate of drug-likeness (QED) is 0.232. The first-order valence-corrected chi connectivity index (χ1v) is 12.3. The van der Waals surface area contributed by atoms with E-state index < -0.39 is 0 Å². The Hall–Kier alpha value is -3.76. The molecule has 0 atom stereocenters. The normalized spacial score (nSPS) is 9.35. The maximum Gasteiger partial charge on any atom is 0.228 e. The van der Waals surface area contributed by atoms with E-state index in [0.717, 1.165) is 11.1 Å². The highest BCUT2D eigenvalue weighted by atomic mass is 35.5. The van der Waals surface area contributed by atoms with Crippen molar-refractivity contribution in [3.05, 3.63) is 65.9 Å². The van der Waals surface area contributed by atoms with Crippen LogP contribution in [0.1, 0.15) is 35.1 Å². The van der Waals surface area contributed by atoms with Crippen LogP contribution in [0, 0.1) is 0 Å². The number of aromatic nitrogens is 6. The van der Waals surface area contributed by atoms with Crippen LogP contribution in [0.4, 0.5) is 17.8 Å². The molecule has 0 unspecified atom stereocenters. The predicted octanol–water partition coefficient (Wildman–Crippen LogP) is 4.86. The Kier molecular flexibility index (Phi) is 19.4. The molecule has 40 heavy (non-hydrogen) atoms. The van der Waals surface area contributed by atoms with Crippen molar-refractivity contribution in [3.63, 3.8) is 0 Å². The molecule has 13 heteroatoms. The minimum absolute atomic E-state index is 0. The van der Waals surface area contributed by atoms with Gasteiger partial charge in [0.25, 0.3) is 0 Å². The van der Waals surface area contributed by atoms with Crippen molar-refractivity contribution < 1.29 is 0 Å². The predicted molar refractivity (Wildman–Crippen MR) is 171 cm³/mol. The van der Waals surface area contributed by atoms with Crippen molar-refractivity contribution >= 4 is 46.3 Å². The first kappa shape index (κ1) is 38.4. The summed E-state index contributed by atoms with van der Waals surface area (Å²) >= 11 is 5.88. The molecule has 0 aliphatic carbocycles. The molecule has 2 aromatic heterocycles. The summed E-state index contributed by atoms with van der Waals surface area (Å²) in [6.45, 7) is 8.12. The third-order valence-corrected chi connectivity index (χ3v) is 4.54. The molecular weight excluding hydrogens is 521 g/mol. The number of nitrogens with zero attached hydrogens (tertiary/aromatic N) is 6. The van der Waals surface area contributed by atoms with Crippen LogP contribution < -0.4 is 21.7 Å². The van der Waals surface area contributed by atoms with Gasteiger partial charge < -0.3 is 21.7 Å². The molecule has 0 spiro atoms. The van der Waals surface area contributed by atoms with Gasteiger partial charge in [-0.05, 0) is 46.3 Å². The maximum absolute atomic E-state index is 5.88. The largest absolute Gasteiger partial charge is 0.357 e. The van der Waals surface area contributed by atoms with Crippen LogP contribution in [-0.2, 0) is 0 Å². The van der Waals surface area contributed by atoms with Gasteiger partial charge in [0.15, 0.2) is 11.6 Å². The highest BCUT2D eigenvalue weighted by Crippen LogP contribution is 2.18. The third-order valence-electron chi connectivity index (χ3n) is 4.37. The Balaban J connectivity index is 0. The van der Waals surface area contributed by atoms with Gasteiger partial charge in [0.05, 0.1) is 0 Å². The molecule has 0 amide bonds. The lowest BCUT2D eigenvalue weighted by Crippen LogP contribution is -2.14. The summed E-state index contributed by atoms with van der Waals surface area (Å²) < 4.78 is 0. The van der Waals surface area contributed by atoms with Crippen LogP contribution in [0.5, 0.6) is 0 Å². The lowest BCUT2D eigenvalue weighted by Gasteiger charge is -2.10. The Morgan fingerprint density at radius 2 is 0.975 bits per heavy atom. The van der Waals surface area contributed by atoms with Crippen molar-refractivity contribution in [2.24, 2.45) is 5.73 Å². The fraction of sp³-hybridized carbons (Fsp3) is 0.333. The number of nitrogens with two attached hydrogens (primary N) is 1. The molecule has 4 aromatic rings. The van der Waals surface area contributed by atoms with E-state index in [-0.39, 0.29) is 41.6 Å². The number of hydrogen-bond donors (Lipinski definition) is 4. The third kappa shape index (κ3) is 12.9. The van der Waals surface area contributed by atoms with Crippen LogP contribution in [0.3, 0.4) is 0 Å². The van der Waals surface area contributed by atoms with Gasteiger partial charge in [-0.1, -0.05) is 68.1 Å². The average molecular weight is 561 g/mol. The zero-order chi connectivity index (χ0) is 27.2. The minimum Gasteiger partial charge on any atom is -0.357 e. The number of anilines is 3. The average Bonchev–Trinajstić information content (AvgIpc) is 2.90. The summed E-state index contributed by atoms with van der Waals surface area (Å²) in [6, 6.07) is 20.1. The van der Waals surface area contributed by atoms with Crippen LogP contribution in [0.2, 0.25) is 5.28 Å². The Morgan fingerprint density at radius 3 is 1.38 bits per heavy atom.